The van der Waals surface area contributed by atoms with Gasteiger partial charge in [-0.05, 0) is 48.5 Å². The van der Waals surface area contributed by atoms with E-state index in [1.165, 1.54) is 18.2 Å². The minimum absolute atomic E-state index is 0.0504. The predicted molar refractivity (Wildman–Crippen MR) is 110 cm³/mol. The molecule has 0 aliphatic rings. The van der Waals surface area contributed by atoms with Crippen LogP contribution < -0.4 is 15.2 Å². The lowest BCUT2D eigenvalue weighted by atomic mass is 10.2. The summed E-state index contributed by atoms with van der Waals surface area (Å²) in [6, 6.07) is 18.2. The summed E-state index contributed by atoms with van der Waals surface area (Å²) in [5, 5.41) is 8.31. The molecular weight excluding hydrogens is 447 g/mol. The largest absolute Gasteiger partial charge is 0.488 e. The van der Waals surface area contributed by atoms with Gasteiger partial charge in [-0.1, -0.05) is 34.1 Å². The summed E-state index contributed by atoms with van der Waals surface area (Å²) in [5.41, 5.74) is 2.07. The van der Waals surface area contributed by atoms with E-state index in [2.05, 4.69) is 21.2 Å². The van der Waals surface area contributed by atoms with E-state index in [0.717, 1.165) is 15.7 Å². The molecule has 0 radical (unpaired) electrons. The molecule has 0 fully saturated rings. The van der Waals surface area contributed by atoms with E-state index in [0.29, 0.717) is 17.9 Å². The van der Waals surface area contributed by atoms with Crippen molar-refractivity contribution in [3.63, 3.8) is 0 Å². The monoisotopic (exact) mass is 464 g/mol. The van der Waals surface area contributed by atoms with E-state index in [1.807, 2.05) is 18.2 Å². The molecule has 5 nitrogen and oxygen atoms in total. The van der Waals surface area contributed by atoms with E-state index in [1.54, 1.807) is 30.3 Å². The summed E-state index contributed by atoms with van der Waals surface area (Å²) in [6.45, 7) is 0.547. The molecule has 0 spiro atoms. The summed E-state index contributed by atoms with van der Waals surface area (Å²) in [4.78, 5) is 0.0504. The van der Waals surface area contributed by atoms with Gasteiger partial charge in [-0.15, -0.1) is 0 Å². The maximum Gasteiger partial charge on any atom is 0.238 e. The SMILES string of the molecule is NS(=O)(=O)c1ccc(NCc2cc(Br)ccc2OCc2ccccc2F)cc1. The van der Waals surface area contributed by atoms with Crippen LogP contribution in [0.2, 0.25) is 0 Å². The van der Waals surface area contributed by atoms with Crippen LogP contribution in [0.15, 0.2) is 76.1 Å². The van der Waals surface area contributed by atoms with Crippen LogP contribution in [0.25, 0.3) is 0 Å². The molecule has 0 aliphatic heterocycles. The van der Waals surface area contributed by atoms with Crippen LogP contribution in [0.3, 0.4) is 0 Å². The highest BCUT2D eigenvalue weighted by atomic mass is 79.9. The topological polar surface area (TPSA) is 81.4 Å². The van der Waals surface area contributed by atoms with Gasteiger partial charge >= 0.3 is 0 Å². The molecular formula is C20H18BrFN2O3S. The van der Waals surface area contributed by atoms with Crippen molar-refractivity contribution in [2.45, 2.75) is 18.0 Å². The van der Waals surface area contributed by atoms with Gasteiger partial charge in [0.25, 0.3) is 0 Å². The molecule has 0 heterocycles. The molecule has 8 heteroatoms. The molecule has 3 rings (SSSR count). The highest BCUT2D eigenvalue weighted by Gasteiger charge is 2.09. The Kier molecular flexibility index (Phi) is 6.33. The quantitative estimate of drug-likeness (QED) is 0.541. The summed E-state index contributed by atoms with van der Waals surface area (Å²) >= 11 is 3.44. The molecule has 3 N–H and O–H groups in total. The first-order chi connectivity index (χ1) is 13.3. The molecule has 0 unspecified atom stereocenters. The highest BCUT2D eigenvalue weighted by molar-refractivity contribution is 9.10. The summed E-state index contributed by atoms with van der Waals surface area (Å²) in [7, 11) is -3.72. The first-order valence-corrected chi connectivity index (χ1v) is 10.7. The van der Waals surface area contributed by atoms with E-state index in [-0.39, 0.29) is 17.3 Å². The van der Waals surface area contributed by atoms with Crippen molar-refractivity contribution in [2.75, 3.05) is 5.32 Å². The first-order valence-electron chi connectivity index (χ1n) is 8.34. The fourth-order valence-corrected chi connectivity index (χ4v) is 3.48. The van der Waals surface area contributed by atoms with Gasteiger partial charge < -0.3 is 10.1 Å². The van der Waals surface area contributed by atoms with E-state index in [9.17, 15) is 12.8 Å². The van der Waals surface area contributed by atoms with E-state index < -0.39 is 10.0 Å². The van der Waals surface area contributed by atoms with Crippen molar-refractivity contribution in [3.05, 3.63) is 88.1 Å². The van der Waals surface area contributed by atoms with Crippen LogP contribution in [-0.2, 0) is 23.2 Å². The normalized spacial score (nSPS) is 11.2. The lowest BCUT2D eigenvalue weighted by Crippen LogP contribution is -2.12. The molecule has 0 saturated heterocycles. The average molecular weight is 465 g/mol. The Labute approximate surface area is 171 Å². The van der Waals surface area contributed by atoms with Gasteiger partial charge in [0.2, 0.25) is 10.0 Å². The van der Waals surface area contributed by atoms with Gasteiger partial charge in [-0.2, -0.15) is 0 Å². The number of hydrogen-bond donors (Lipinski definition) is 2. The van der Waals surface area contributed by atoms with Gasteiger partial charge in [0.05, 0.1) is 4.90 Å². The van der Waals surface area contributed by atoms with Crippen LogP contribution in [0, 0.1) is 5.82 Å². The molecule has 0 saturated carbocycles. The zero-order valence-corrected chi connectivity index (χ0v) is 17.1. The number of anilines is 1. The van der Waals surface area contributed by atoms with Crippen molar-refractivity contribution < 1.29 is 17.5 Å². The number of primary sulfonamides is 1. The lowest BCUT2D eigenvalue weighted by molar-refractivity contribution is 0.297. The molecule has 28 heavy (non-hydrogen) atoms. The zero-order chi connectivity index (χ0) is 20.1. The lowest BCUT2D eigenvalue weighted by Gasteiger charge is -2.14. The fraction of sp³-hybridized carbons (Fsp3) is 0.100. The average Bonchev–Trinajstić information content (AvgIpc) is 2.66. The summed E-state index contributed by atoms with van der Waals surface area (Å²) < 4.78 is 43.1. The standard InChI is InChI=1S/C20H18BrFN2O3S/c21-16-5-10-20(27-13-14-3-1-2-4-19(14)22)15(11-16)12-24-17-6-8-18(9-7-17)28(23,25)26/h1-11,24H,12-13H2,(H2,23,25,26). The van der Waals surface area contributed by atoms with Crippen molar-refractivity contribution in [1.82, 2.24) is 0 Å². The maximum atomic E-state index is 13.8. The van der Waals surface area contributed by atoms with Gasteiger partial charge in [-0.25, -0.2) is 17.9 Å². The highest BCUT2D eigenvalue weighted by Crippen LogP contribution is 2.26. The molecule has 0 atom stereocenters. The number of sulfonamides is 1. The van der Waals surface area contributed by atoms with Crippen molar-refractivity contribution in [3.8, 4) is 5.75 Å². The maximum absolute atomic E-state index is 13.8. The van der Waals surface area contributed by atoms with Crippen LogP contribution in [0.1, 0.15) is 11.1 Å². The second kappa shape index (κ2) is 8.72. The van der Waals surface area contributed by atoms with E-state index >= 15 is 0 Å². The Balaban J connectivity index is 1.71. The number of nitrogens with one attached hydrogen (secondary N) is 1. The van der Waals surface area contributed by atoms with E-state index in [4.69, 9.17) is 9.88 Å². The number of nitrogens with two attached hydrogens (primary N) is 1. The Morgan fingerprint density at radius 2 is 1.71 bits per heavy atom. The minimum Gasteiger partial charge on any atom is -0.488 e. The molecule has 3 aromatic rings. The molecule has 0 amide bonds. The smallest absolute Gasteiger partial charge is 0.238 e. The van der Waals surface area contributed by atoms with Gasteiger partial charge in [-0.3, -0.25) is 0 Å². The Bertz CT molecular complexity index is 1070. The van der Waals surface area contributed by atoms with Crippen LogP contribution >= 0.6 is 15.9 Å². The zero-order valence-electron chi connectivity index (χ0n) is 14.7. The fourth-order valence-electron chi connectivity index (χ4n) is 2.56. The van der Waals surface area contributed by atoms with Crippen molar-refractivity contribution in [1.29, 1.82) is 0 Å². The molecule has 0 bridgehead atoms. The molecule has 3 aromatic carbocycles. The number of rotatable bonds is 7. The third-order valence-corrected chi connectivity index (χ3v) is 5.45. The number of halogens is 2. The second-order valence-electron chi connectivity index (χ2n) is 6.06. The van der Waals surface area contributed by atoms with Gasteiger partial charge in [0.1, 0.15) is 18.2 Å². The van der Waals surface area contributed by atoms with Crippen molar-refractivity contribution in [2.24, 2.45) is 5.14 Å². The molecule has 146 valence electrons. The van der Waals surface area contributed by atoms with Crippen LogP contribution in [0.4, 0.5) is 10.1 Å². The first kappa shape index (κ1) is 20.3. The molecule has 0 aromatic heterocycles. The third-order valence-electron chi connectivity index (χ3n) is 4.03. The number of hydrogen-bond acceptors (Lipinski definition) is 4. The Hall–Kier alpha value is -2.42. The Morgan fingerprint density at radius 3 is 2.39 bits per heavy atom. The number of benzene rings is 3. The summed E-state index contributed by atoms with van der Waals surface area (Å²) in [5.74, 6) is 0.314. The van der Waals surface area contributed by atoms with Crippen LogP contribution in [0.5, 0.6) is 5.75 Å². The van der Waals surface area contributed by atoms with Gasteiger partial charge in [0.15, 0.2) is 0 Å². The van der Waals surface area contributed by atoms with Gasteiger partial charge in [0, 0.05) is 27.8 Å². The summed E-state index contributed by atoms with van der Waals surface area (Å²) in [6.07, 6.45) is 0. The van der Waals surface area contributed by atoms with Crippen LogP contribution in [-0.4, -0.2) is 8.42 Å². The minimum atomic E-state index is -3.72. The predicted octanol–water partition coefficient (Wildman–Crippen LogP) is 4.43. The Morgan fingerprint density at radius 1 is 1.00 bits per heavy atom. The molecule has 0 aliphatic carbocycles. The van der Waals surface area contributed by atoms with Crippen molar-refractivity contribution >= 4 is 31.6 Å². The second-order valence-corrected chi connectivity index (χ2v) is 8.53. The number of ether oxygens (including phenoxy) is 1. The third kappa shape index (κ3) is 5.31.